The van der Waals surface area contributed by atoms with E-state index in [-0.39, 0.29) is 29.9 Å². The first-order valence-corrected chi connectivity index (χ1v) is 6.18. The maximum atomic E-state index is 12.0. The van der Waals surface area contributed by atoms with E-state index >= 15 is 0 Å². The lowest BCUT2D eigenvalue weighted by Crippen LogP contribution is -2.36. The average molecular weight is 250 g/mol. The normalized spacial score (nSPS) is 14.6. The lowest BCUT2D eigenvalue weighted by Gasteiger charge is -2.10. The largest absolute Gasteiger partial charge is 0.356 e. The molecule has 6 nitrogen and oxygen atoms in total. The number of hydrogen-bond acceptors (Lipinski definition) is 4. The van der Waals surface area contributed by atoms with Crippen molar-refractivity contribution in [2.24, 2.45) is 0 Å². The van der Waals surface area contributed by atoms with E-state index in [1.165, 1.54) is 0 Å². The van der Waals surface area contributed by atoms with Crippen LogP contribution in [0.1, 0.15) is 32.7 Å². The van der Waals surface area contributed by atoms with E-state index in [4.69, 9.17) is 0 Å². The molecule has 0 saturated heterocycles. The average Bonchev–Trinajstić information content (AvgIpc) is 3.10. The second-order valence-corrected chi connectivity index (χ2v) is 4.80. The first kappa shape index (κ1) is 12.6. The highest BCUT2D eigenvalue weighted by molar-refractivity contribution is 5.80. The summed E-state index contributed by atoms with van der Waals surface area (Å²) in [4.78, 5) is 27.4. The molecule has 1 saturated carbocycles. The van der Waals surface area contributed by atoms with Gasteiger partial charge in [-0.3, -0.25) is 9.59 Å². The van der Waals surface area contributed by atoms with Gasteiger partial charge in [0.15, 0.2) is 5.82 Å². The summed E-state index contributed by atoms with van der Waals surface area (Å²) in [6.45, 7) is 3.84. The molecule has 6 heteroatoms. The third-order valence-electron chi connectivity index (χ3n) is 2.67. The fourth-order valence-electron chi connectivity index (χ4n) is 1.72. The van der Waals surface area contributed by atoms with Crippen molar-refractivity contribution in [1.29, 1.82) is 0 Å². The van der Waals surface area contributed by atoms with Gasteiger partial charge in [-0.15, -0.1) is 0 Å². The number of hydrogen-bond donors (Lipinski definition) is 2. The molecule has 0 aliphatic heterocycles. The van der Waals surface area contributed by atoms with Crippen molar-refractivity contribution in [1.82, 2.24) is 14.9 Å². The molecule has 98 valence electrons. The lowest BCUT2D eigenvalue weighted by molar-refractivity contribution is -0.119. The molecular weight excluding hydrogens is 232 g/mol. The third-order valence-corrected chi connectivity index (χ3v) is 2.67. The Morgan fingerprint density at radius 1 is 1.56 bits per heavy atom. The van der Waals surface area contributed by atoms with Crippen LogP contribution < -0.4 is 16.2 Å². The van der Waals surface area contributed by atoms with Gasteiger partial charge in [0.25, 0.3) is 5.56 Å². The number of nitrogens with zero attached hydrogens (tertiary/aromatic N) is 2. The minimum absolute atomic E-state index is 0.0646. The first-order chi connectivity index (χ1) is 8.58. The Labute approximate surface area is 105 Å². The molecule has 2 rings (SSSR count). The van der Waals surface area contributed by atoms with Crippen LogP contribution in [0.3, 0.4) is 0 Å². The molecule has 1 heterocycles. The predicted octanol–water partition coefficient (Wildman–Crippen LogP) is 0.515. The molecule has 1 fully saturated rings. The maximum Gasteiger partial charge on any atom is 0.293 e. The minimum Gasteiger partial charge on any atom is -0.356 e. The number of carbonyl (C=O) groups is 1. The zero-order valence-electron chi connectivity index (χ0n) is 10.6. The molecule has 1 aliphatic carbocycles. The summed E-state index contributed by atoms with van der Waals surface area (Å²) >= 11 is 0. The van der Waals surface area contributed by atoms with Gasteiger partial charge in [0.05, 0.1) is 6.54 Å². The monoisotopic (exact) mass is 250 g/mol. The molecule has 0 aromatic carbocycles. The Morgan fingerprint density at radius 2 is 2.28 bits per heavy atom. The number of amides is 1. The summed E-state index contributed by atoms with van der Waals surface area (Å²) in [5.74, 6) is 0.0938. The van der Waals surface area contributed by atoms with Crippen LogP contribution in [-0.4, -0.2) is 28.0 Å². The highest BCUT2D eigenvalue weighted by Gasteiger charge is 2.25. The number of nitrogens with one attached hydrogen (secondary N) is 2. The van der Waals surface area contributed by atoms with E-state index in [9.17, 15) is 9.59 Å². The zero-order chi connectivity index (χ0) is 13.1. The van der Waals surface area contributed by atoms with Crippen LogP contribution in [0, 0.1) is 0 Å². The number of carbonyl (C=O) groups excluding carboxylic acids is 1. The van der Waals surface area contributed by atoms with Crippen LogP contribution in [0.2, 0.25) is 0 Å². The molecule has 1 aliphatic rings. The standard InChI is InChI=1S/C12H18N4O2/c1-8(2)15-10(17)7-14-11-12(18)16(6-5-13-11)9-3-4-9/h5-6,8-9H,3-4,7H2,1-2H3,(H,13,14)(H,15,17). The molecule has 0 bridgehead atoms. The molecule has 1 amide bonds. The van der Waals surface area contributed by atoms with Crippen molar-refractivity contribution in [3.8, 4) is 0 Å². The fraction of sp³-hybridized carbons (Fsp3) is 0.583. The highest BCUT2D eigenvalue weighted by atomic mass is 16.2. The van der Waals surface area contributed by atoms with Gasteiger partial charge in [-0.1, -0.05) is 0 Å². The Morgan fingerprint density at radius 3 is 2.89 bits per heavy atom. The number of aromatic nitrogens is 2. The van der Waals surface area contributed by atoms with E-state index in [0.717, 1.165) is 12.8 Å². The number of rotatable bonds is 5. The summed E-state index contributed by atoms with van der Waals surface area (Å²) in [7, 11) is 0. The van der Waals surface area contributed by atoms with Gasteiger partial charge < -0.3 is 15.2 Å². The third kappa shape index (κ3) is 3.09. The Bertz CT molecular complexity index is 491. The summed E-state index contributed by atoms with van der Waals surface area (Å²) in [6, 6.07) is 0.400. The smallest absolute Gasteiger partial charge is 0.293 e. The van der Waals surface area contributed by atoms with Gasteiger partial charge in [0.1, 0.15) is 0 Å². The molecule has 18 heavy (non-hydrogen) atoms. The molecule has 0 radical (unpaired) electrons. The summed E-state index contributed by atoms with van der Waals surface area (Å²) in [5.41, 5.74) is -0.155. The van der Waals surface area contributed by atoms with E-state index < -0.39 is 0 Å². The predicted molar refractivity (Wildman–Crippen MR) is 68.5 cm³/mol. The Balaban J connectivity index is 1.99. The van der Waals surface area contributed by atoms with E-state index in [2.05, 4.69) is 15.6 Å². The molecule has 2 N–H and O–H groups in total. The summed E-state index contributed by atoms with van der Waals surface area (Å²) < 4.78 is 1.68. The van der Waals surface area contributed by atoms with Crippen molar-refractivity contribution in [2.75, 3.05) is 11.9 Å². The second kappa shape index (κ2) is 5.20. The van der Waals surface area contributed by atoms with Gasteiger partial charge in [-0.2, -0.15) is 0 Å². The lowest BCUT2D eigenvalue weighted by atomic mass is 10.4. The van der Waals surface area contributed by atoms with Crippen molar-refractivity contribution in [2.45, 2.75) is 38.8 Å². The first-order valence-electron chi connectivity index (χ1n) is 6.18. The quantitative estimate of drug-likeness (QED) is 0.798. The van der Waals surface area contributed by atoms with Crippen LogP contribution in [-0.2, 0) is 4.79 Å². The van der Waals surface area contributed by atoms with Crippen LogP contribution in [0.5, 0.6) is 0 Å². The highest BCUT2D eigenvalue weighted by Crippen LogP contribution is 2.33. The van der Waals surface area contributed by atoms with Gasteiger partial charge in [0, 0.05) is 24.5 Å². The van der Waals surface area contributed by atoms with Gasteiger partial charge in [-0.25, -0.2) is 4.98 Å². The summed E-state index contributed by atoms with van der Waals surface area (Å²) in [5, 5.41) is 5.53. The molecule has 0 spiro atoms. The van der Waals surface area contributed by atoms with Crippen molar-refractivity contribution >= 4 is 11.7 Å². The zero-order valence-corrected chi connectivity index (χ0v) is 10.6. The number of anilines is 1. The van der Waals surface area contributed by atoms with Gasteiger partial charge >= 0.3 is 0 Å². The minimum atomic E-state index is -0.155. The SMILES string of the molecule is CC(C)NC(=O)CNc1nccn(C2CC2)c1=O. The van der Waals surface area contributed by atoms with E-state index in [0.29, 0.717) is 6.04 Å². The fourth-order valence-corrected chi connectivity index (χ4v) is 1.72. The van der Waals surface area contributed by atoms with Crippen molar-refractivity contribution < 1.29 is 4.79 Å². The van der Waals surface area contributed by atoms with E-state index in [1.807, 2.05) is 13.8 Å². The van der Waals surface area contributed by atoms with Gasteiger partial charge in [-0.05, 0) is 26.7 Å². The second-order valence-electron chi connectivity index (χ2n) is 4.80. The summed E-state index contributed by atoms with van der Waals surface area (Å²) in [6.07, 6.45) is 5.36. The topological polar surface area (TPSA) is 76.0 Å². The molecule has 0 atom stereocenters. The van der Waals surface area contributed by atoms with Crippen molar-refractivity contribution in [3.63, 3.8) is 0 Å². The molecule has 1 aromatic heterocycles. The van der Waals surface area contributed by atoms with Crippen LogP contribution >= 0.6 is 0 Å². The van der Waals surface area contributed by atoms with Crippen LogP contribution in [0.25, 0.3) is 0 Å². The van der Waals surface area contributed by atoms with E-state index in [1.54, 1.807) is 17.0 Å². The van der Waals surface area contributed by atoms with Crippen LogP contribution in [0.15, 0.2) is 17.2 Å². The Hall–Kier alpha value is -1.85. The maximum absolute atomic E-state index is 12.0. The Kier molecular flexibility index (Phi) is 3.64. The molecule has 1 aromatic rings. The van der Waals surface area contributed by atoms with Crippen LogP contribution in [0.4, 0.5) is 5.82 Å². The molecule has 0 unspecified atom stereocenters. The van der Waals surface area contributed by atoms with Crippen molar-refractivity contribution in [3.05, 3.63) is 22.7 Å². The molecular formula is C12H18N4O2. The van der Waals surface area contributed by atoms with Gasteiger partial charge in [0.2, 0.25) is 5.91 Å².